The predicted molar refractivity (Wildman–Crippen MR) is 69.7 cm³/mol. The Bertz CT molecular complexity index is 406. The summed E-state index contributed by atoms with van der Waals surface area (Å²) < 4.78 is 46.2. The van der Waals surface area contributed by atoms with Crippen molar-refractivity contribution in [3.8, 4) is 0 Å². The largest absolute Gasteiger partial charge is 0.404 e. The lowest BCUT2D eigenvalue weighted by atomic mass is 9.82. The summed E-state index contributed by atoms with van der Waals surface area (Å²) in [6, 6.07) is -0.181. The van der Waals surface area contributed by atoms with Gasteiger partial charge in [-0.1, -0.05) is 12.8 Å². The van der Waals surface area contributed by atoms with Gasteiger partial charge in [-0.3, -0.25) is 4.79 Å². The number of morpholine rings is 1. The van der Waals surface area contributed by atoms with Crippen LogP contribution in [0.4, 0.5) is 13.2 Å². The molecule has 21 heavy (non-hydrogen) atoms. The Kier molecular flexibility index (Phi) is 3.90. The molecule has 2 heterocycles. The number of hydrogen-bond donors (Lipinski definition) is 1. The van der Waals surface area contributed by atoms with E-state index in [1.807, 2.05) is 0 Å². The number of nitrogens with zero attached hydrogens (tertiary/aromatic N) is 1. The van der Waals surface area contributed by atoms with Crippen LogP contribution in [-0.2, 0) is 9.53 Å². The molecule has 3 atom stereocenters. The van der Waals surface area contributed by atoms with E-state index in [2.05, 4.69) is 5.32 Å². The molecule has 2 aliphatic heterocycles. The van der Waals surface area contributed by atoms with Gasteiger partial charge in [0.2, 0.25) is 5.91 Å². The van der Waals surface area contributed by atoms with Crippen molar-refractivity contribution in [2.45, 2.75) is 50.4 Å². The number of nitrogens with one attached hydrogen (secondary N) is 1. The number of halogens is 3. The van der Waals surface area contributed by atoms with Crippen molar-refractivity contribution in [1.29, 1.82) is 0 Å². The molecule has 3 aliphatic rings. The van der Waals surface area contributed by atoms with Crippen molar-refractivity contribution < 1.29 is 22.7 Å². The van der Waals surface area contributed by atoms with Crippen LogP contribution in [0.1, 0.15) is 32.1 Å². The van der Waals surface area contributed by atoms with Crippen molar-refractivity contribution in [1.82, 2.24) is 10.2 Å². The van der Waals surface area contributed by atoms with E-state index in [-0.39, 0.29) is 38.2 Å². The van der Waals surface area contributed by atoms with E-state index < -0.39 is 17.5 Å². The highest BCUT2D eigenvalue weighted by atomic mass is 19.4. The third-order valence-electron chi connectivity index (χ3n) is 5.10. The van der Waals surface area contributed by atoms with Gasteiger partial charge in [-0.15, -0.1) is 0 Å². The summed E-state index contributed by atoms with van der Waals surface area (Å²) in [5.74, 6) is -0.750. The molecule has 1 aliphatic carbocycles. The maximum absolute atomic E-state index is 13.5. The molecule has 0 radical (unpaired) electrons. The lowest BCUT2D eigenvalue weighted by molar-refractivity contribution is -0.227. The Morgan fingerprint density at radius 3 is 2.71 bits per heavy atom. The fraction of sp³-hybridized carbons (Fsp3) is 0.929. The molecule has 1 N–H and O–H groups in total. The first-order valence-corrected chi connectivity index (χ1v) is 7.66. The zero-order valence-electron chi connectivity index (χ0n) is 11.9. The molecule has 0 aromatic carbocycles. The SMILES string of the molecule is O=C(N1CCOC2CCCCC21)C1(C(F)(F)F)CCNC1. The molecule has 0 aromatic heterocycles. The molecule has 1 saturated carbocycles. The topological polar surface area (TPSA) is 41.6 Å². The summed E-state index contributed by atoms with van der Waals surface area (Å²) in [7, 11) is 0. The quantitative estimate of drug-likeness (QED) is 0.802. The standard InChI is InChI=1S/C14H21F3N2O2/c15-14(16,17)13(5-6-18-9-13)12(20)19-7-8-21-11-4-2-1-3-10(11)19/h10-11,18H,1-9H2. The third kappa shape index (κ3) is 2.44. The monoisotopic (exact) mass is 306 g/mol. The lowest BCUT2D eigenvalue weighted by Gasteiger charge is -2.46. The molecule has 1 amide bonds. The van der Waals surface area contributed by atoms with Gasteiger partial charge in [0.25, 0.3) is 0 Å². The molecular formula is C14H21F3N2O2. The number of carbonyl (C=O) groups excluding carboxylic acids is 1. The van der Waals surface area contributed by atoms with Crippen LogP contribution in [0.3, 0.4) is 0 Å². The maximum atomic E-state index is 13.5. The second kappa shape index (κ2) is 5.43. The van der Waals surface area contributed by atoms with E-state index in [9.17, 15) is 18.0 Å². The Hall–Kier alpha value is -0.820. The molecule has 3 fully saturated rings. The summed E-state index contributed by atoms with van der Waals surface area (Å²) in [5, 5.41) is 2.71. The summed E-state index contributed by atoms with van der Waals surface area (Å²) in [5.41, 5.74) is -2.24. The second-order valence-electron chi connectivity index (χ2n) is 6.27. The number of hydrogen-bond acceptors (Lipinski definition) is 3. The molecular weight excluding hydrogens is 285 g/mol. The van der Waals surface area contributed by atoms with E-state index in [1.165, 1.54) is 4.90 Å². The lowest BCUT2D eigenvalue weighted by Crippen LogP contribution is -2.61. The Balaban J connectivity index is 1.85. The normalized spacial score (nSPS) is 37.4. The van der Waals surface area contributed by atoms with Gasteiger partial charge in [-0.05, 0) is 25.8 Å². The second-order valence-corrected chi connectivity index (χ2v) is 6.27. The molecule has 2 saturated heterocycles. The minimum absolute atomic E-state index is 0.0869. The first kappa shape index (κ1) is 15.1. The first-order valence-electron chi connectivity index (χ1n) is 7.66. The van der Waals surface area contributed by atoms with Crippen molar-refractivity contribution in [2.75, 3.05) is 26.2 Å². The Morgan fingerprint density at radius 2 is 2.05 bits per heavy atom. The van der Waals surface area contributed by atoms with Crippen LogP contribution >= 0.6 is 0 Å². The van der Waals surface area contributed by atoms with E-state index in [4.69, 9.17) is 4.74 Å². The molecule has 4 nitrogen and oxygen atoms in total. The summed E-state index contributed by atoms with van der Waals surface area (Å²) in [6.07, 6.45) is -1.19. The molecule has 0 bridgehead atoms. The van der Waals surface area contributed by atoms with Crippen molar-refractivity contribution >= 4 is 5.91 Å². The van der Waals surface area contributed by atoms with Crippen LogP contribution in [0.15, 0.2) is 0 Å². The van der Waals surface area contributed by atoms with Crippen molar-refractivity contribution in [3.05, 3.63) is 0 Å². The smallest absolute Gasteiger partial charge is 0.374 e. The van der Waals surface area contributed by atoms with Gasteiger partial charge in [0, 0.05) is 13.1 Å². The van der Waals surface area contributed by atoms with Gasteiger partial charge >= 0.3 is 6.18 Å². The van der Waals surface area contributed by atoms with Gasteiger partial charge in [0.15, 0.2) is 5.41 Å². The van der Waals surface area contributed by atoms with Gasteiger partial charge < -0.3 is 15.0 Å². The molecule has 0 spiro atoms. The minimum Gasteiger partial charge on any atom is -0.374 e. The highest BCUT2D eigenvalue weighted by molar-refractivity contribution is 5.85. The first-order chi connectivity index (χ1) is 9.96. The van der Waals surface area contributed by atoms with Gasteiger partial charge in [-0.25, -0.2) is 0 Å². The minimum atomic E-state index is -4.50. The summed E-state index contributed by atoms with van der Waals surface area (Å²) in [6.45, 7) is 0.555. The highest BCUT2D eigenvalue weighted by Gasteiger charge is 2.63. The van der Waals surface area contributed by atoms with E-state index in [0.717, 1.165) is 25.7 Å². The average Bonchev–Trinajstić information content (AvgIpc) is 2.96. The number of amides is 1. The van der Waals surface area contributed by atoms with Crippen LogP contribution in [0.25, 0.3) is 0 Å². The molecule has 120 valence electrons. The van der Waals surface area contributed by atoms with Gasteiger partial charge in [0.05, 0.1) is 18.8 Å². The number of fused-ring (bicyclic) bond motifs is 1. The molecule has 3 rings (SSSR count). The van der Waals surface area contributed by atoms with Gasteiger partial charge in [0.1, 0.15) is 0 Å². The fourth-order valence-electron chi connectivity index (χ4n) is 3.86. The fourth-order valence-corrected chi connectivity index (χ4v) is 3.86. The average molecular weight is 306 g/mol. The zero-order chi connectivity index (χ0) is 15.1. The van der Waals surface area contributed by atoms with Crippen LogP contribution in [-0.4, -0.2) is 55.4 Å². The van der Waals surface area contributed by atoms with E-state index in [0.29, 0.717) is 6.61 Å². The van der Waals surface area contributed by atoms with Crippen LogP contribution in [0.2, 0.25) is 0 Å². The van der Waals surface area contributed by atoms with Gasteiger partial charge in [-0.2, -0.15) is 13.2 Å². The Morgan fingerprint density at radius 1 is 1.29 bits per heavy atom. The number of carbonyl (C=O) groups is 1. The number of alkyl halides is 3. The number of rotatable bonds is 1. The van der Waals surface area contributed by atoms with Crippen molar-refractivity contribution in [2.24, 2.45) is 5.41 Å². The summed E-state index contributed by atoms with van der Waals surface area (Å²) >= 11 is 0. The van der Waals surface area contributed by atoms with E-state index in [1.54, 1.807) is 0 Å². The highest BCUT2D eigenvalue weighted by Crippen LogP contribution is 2.45. The van der Waals surface area contributed by atoms with Crippen molar-refractivity contribution in [3.63, 3.8) is 0 Å². The third-order valence-corrected chi connectivity index (χ3v) is 5.10. The zero-order valence-corrected chi connectivity index (χ0v) is 11.9. The molecule has 7 heteroatoms. The molecule has 3 unspecified atom stereocenters. The number of ether oxygens (including phenoxy) is 1. The molecule has 0 aromatic rings. The predicted octanol–water partition coefficient (Wildman–Crippen LogP) is 1.70. The Labute approximate surface area is 122 Å². The van der Waals surface area contributed by atoms with Crippen LogP contribution in [0.5, 0.6) is 0 Å². The van der Waals surface area contributed by atoms with E-state index >= 15 is 0 Å². The summed E-state index contributed by atoms with van der Waals surface area (Å²) in [4.78, 5) is 14.2. The van der Waals surface area contributed by atoms with Crippen LogP contribution < -0.4 is 5.32 Å². The maximum Gasteiger partial charge on any atom is 0.404 e. The van der Waals surface area contributed by atoms with Crippen LogP contribution in [0, 0.1) is 5.41 Å².